The van der Waals surface area contributed by atoms with E-state index in [1.807, 2.05) is 0 Å². The van der Waals surface area contributed by atoms with Gasteiger partial charge in [-0.3, -0.25) is 9.13 Å². The molecule has 5 nitrogen and oxygen atoms in total. The fraction of sp³-hybridized carbons (Fsp3) is 0.286. The Bertz CT molecular complexity index is 1190. The van der Waals surface area contributed by atoms with Gasteiger partial charge in [0.25, 0.3) is 0 Å². The van der Waals surface area contributed by atoms with E-state index in [1.165, 1.54) is 28.8 Å². The molecule has 0 saturated heterocycles. The van der Waals surface area contributed by atoms with Crippen molar-refractivity contribution in [1.29, 1.82) is 0 Å². The Hall–Kier alpha value is -1.76. The molecule has 2 aromatic carbocycles. The number of hydrogen-bond acceptors (Lipinski definition) is 2. The van der Waals surface area contributed by atoms with Gasteiger partial charge in [-0.1, -0.05) is 48.5 Å². The molecule has 0 unspecified atom stereocenters. The number of rotatable bonds is 4. The quantitative estimate of drug-likeness (QED) is 0.445. The minimum atomic E-state index is -4.88. The molecule has 31 heavy (non-hydrogen) atoms. The van der Waals surface area contributed by atoms with E-state index < -0.39 is 24.7 Å². The van der Waals surface area contributed by atoms with E-state index in [0.717, 1.165) is 38.2 Å². The maximum Gasteiger partial charge on any atom is 0.376 e. The first-order valence-electron chi connectivity index (χ1n) is 9.77. The van der Waals surface area contributed by atoms with Gasteiger partial charge >= 0.3 is 7.60 Å². The maximum atomic E-state index is 15.1. The monoisotopic (exact) mass is 486 g/mol. The van der Waals surface area contributed by atoms with Crippen LogP contribution in [0.2, 0.25) is 10.0 Å². The lowest BCUT2D eigenvalue weighted by Gasteiger charge is -2.23. The molecule has 2 N–H and O–H groups in total. The summed E-state index contributed by atoms with van der Waals surface area (Å²) in [5, 5.41) is -0.366. The molecule has 1 aliphatic rings. The van der Waals surface area contributed by atoms with Crippen LogP contribution in [0.15, 0.2) is 36.4 Å². The van der Waals surface area contributed by atoms with E-state index >= 15 is 4.39 Å². The average molecular weight is 487 g/mol. The van der Waals surface area contributed by atoms with Crippen LogP contribution in [0.1, 0.15) is 43.8 Å². The van der Waals surface area contributed by atoms with Gasteiger partial charge in [-0.05, 0) is 43.2 Å². The van der Waals surface area contributed by atoms with E-state index in [1.54, 1.807) is 6.07 Å². The number of nitrogens with zero attached hydrogens (tertiary/aromatic N) is 2. The van der Waals surface area contributed by atoms with Gasteiger partial charge < -0.3 is 9.79 Å². The summed E-state index contributed by atoms with van der Waals surface area (Å²) >= 11 is 12.0. The van der Waals surface area contributed by atoms with Crippen LogP contribution in [0.4, 0.5) is 8.78 Å². The Morgan fingerprint density at radius 2 is 1.74 bits per heavy atom. The predicted molar refractivity (Wildman–Crippen MR) is 116 cm³/mol. The molecule has 164 valence electrons. The van der Waals surface area contributed by atoms with Crippen LogP contribution < -0.4 is 5.44 Å². The number of halogens is 4. The molecule has 1 aliphatic carbocycles. The van der Waals surface area contributed by atoms with E-state index in [2.05, 4.69) is 4.98 Å². The molecule has 0 radical (unpaired) electrons. The van der Waals surface area contributed by atoms with Gasteiger partial charge in [-0.2, -0.15) is 0 Å². The Labute approximate surface area is 187 Å². The van der Waals surface area contributed by atoms with Gasteiger partial charge in [-0.25, -0.2) is 13.8 Å². The first-order chi connectivity index (χ1) is 14.7. The van der Waals surface area contributed by atoms with Gasteiger partial charge in [0.15, 0.2) is 11.3 Å². The van der Waals surface area contributed by atoms with Crippen LogP contribution in [0.25, 0.3) is 16.9 Å². The number of benzene rings is 2. The number of imidazole rings is 1. The van der Waals surface area contributed by atoms with Gasteiger partial charge in [0.05, 0.1) is 21.4 Å². The molecule has 0 spiro atoms. The second-order valence-electron chi connectivity index (χ2n) is 7.56. The minimum absolute atomic E-state index is 0.00993. The lowest BCUT2D eigenvalue weighted by molar-refractivity contribution is 0.386. The van der Waals surface area contributed by atoms with Crippen LogP contribution >= 0.6 is 30.8 Å². The van der Waals surface area contributed by atoms with Crippen LogP contribution in [-0.4, -0.2) is 19.3 Å². The summed E-state index contributed by atoms with van der Waals surface area (Å²) in [6.07, 6.45) is 4.42. The summed E-state index contributed by atoms with van der Waals surface area (Å²) in [5.41, 5.74) is -0.318. The van der Waals surface area contributed by atoms with E-state index in [-0.39, 0.29) is 32.9 Å². The van der Waals surface area contributed by atoms with Crippen molar-refractivity contribution in [2.75, 3.05) is 0 Å². The van der Waals surface area contributed by atoms with E-state index in [4.69, 9.17) is 23.2 Å². The number of aromatic nitrogens is 2. The second kappa shape index (κ2) is 8.64. The van der Waals surface area contributed by atoms with Crippen molar-refractivity contribution in [3.63, 3.8) is 0 Å². The highest BCUT2D eigenvalue weighted by molar-refractivity contribution is 7.60. The SMILES string of the molecule is O=P(O)(O)c1nc(C2CCCCC2)n(-c2cccc(Cl)c2F)c1-c1ccc(F)c(Cl)c1. The highest BCUT2D eigenvalue weighted by Gasteiger charge is 2.35. The predicted octanol–water partition coefficient (Wildman–Crippen LogP) is 5.98. The summed E-state index contributed by atoms with van der Waals surface area (Å²) in [5.74, 6) is -1.21. The summed E-state index contributed by atoms with van der Waals surface area (Å²) in [4.78, 5) is 24.5. The fourth-order valence-electron chi connectivity index (χ4n) is 4.07. The standard InChI is InChI=1S/C21H19Cl2F2N2O3P/c22-14-7-4-8-17(18(14)25)27-19(13-9-10-16(24)15(23)11-13)21(31(28,29)30)26-20(27)12-5-2-1-3-6-12/h4,7-12H,1-3,5-6H2,(H2,28,29,30). The molecule has 1 saturated carbocycles. The molecule has 0 atom stereocenters. The van der Waals surface area contributed by atoms with Gasteiger partial charge in [0.2, 0.25) is 0 Å². The normalized spacial score (nSPS) is 15.4. The average Bonchev–Trinajstić information content (AvgIpc) is 3.14. The zero-order valence-corrected chi connectivity index (χ0v) is 18.6. The molecular weight excluding hydrogens is 468 g/mol. The van der Waals surface area contributed by atoms with Crippen molar-refractivity contribution in [1.82, 2.24) is 9.55 Å². The molecule has 4 rings (SSSR count). The summed E-state index contributed by atoms with van der Waals surface area (Å²) in [7, 11) is -4.88. The van der Waals surface area contributed by atoms with E-state index in [9.17, 15) is 18.7 Å². The molecular formula is C21H19Cl2F2N2O3P. The highest BCUT2D eigenvalue weighted by Crippen LogP contribution is 2.43. The molecule has 1 heterocycles. The second-order valence-corrected chi connectivity index (χ2v) is 9.88. The van der Waals surface area contributed by atoms with Crippen LogP contribution in [-0.2, 0) is 4.57 Å². The maximum absolute atomic E-state index is 15.1. The van der Waals surface area contributed by atoms with Gasteiger partial charge in [0, 0.05) is 11.5 Å². The zero-order chi connectivity index (χ0) is 22.3. The molecule has 1 aromatic heterocycles. The third-order valence-corrected chi connectivity index (χ3v) is 6.94. The smallest absolute Gasteiger partial charge is 0.320 e. The summed E-state index contributed by atoms with van der Waals surface area (Å²) in [6.45, 7) is 0. The van der Waals surface area contributed by atoms with Gasteiger partial charge in [-0.15, -0.1) is 0 Å². The van der Waals surface area contributed by atoms with Crippen molar-refractivity contribution in [2.45, 2.75) is 38.0 Å². The Morgan fingerprint density at radius 3 is 2.39 bits per heavy atom. The lowest BCUT2D eigenvalue weighted by Crippen LogP contribution is -2.13. The summed E-state index contributed by atoms with van der Waals surface area (Å²) < 4.78 is 42.7. The zero-order valence-electron chi connectivity index (χ0n) is 16.2. The summed E-state index contributed by atoms with van der Waals surface area (Å²) in [6, 6.07) is 8.07. The molecule has 3 aromatic rings. The third-order valence-electron chi connectivity index (χ3n) is 5.50. The van der Waals surface area contributed by atoms with Crippen molar-refractivity contribution in [3.8, 4) is 16.9 Å². The largest absolute Gasteiger partial charge is 0.376 e. The lowest BCUT2D eigenvalue weighted by atomic mass is 9.88. The molecule has 0 amide bonds. The molecule has 0 aliphatic heterocycles. The van der Waals surface area contributed by atoms with Crippen LogP contribution in [0.3, 0.4) is 0 Å². The fourth-order valence-corrected chi connectivity index (χ4v) is 5.16. The molecule has 10 heteroatoms. The van der Waals surface area contributed by atoms with Crippen molar-refractivity contribution >= 4 is 36.2 Å². The Balaban J connectivity index is 2.09. The minimum Gasteiger partial charge on any atom is -0.320 e. The van der Waals surface area contributed by atoms with Crippen LogP contribution in [0, 0.1) is 11.6 Å². The topological polar surface area (TPSA) is 75.3 Å². The molecule has 0 bridgehead atoms. The number of hydrogen-bond donors (Lipinski definition) is 2. The van der Waals surface area contributed by atoms with Crippen molar-refractivity contribution in [3.05, 3.63) is 63.9 Å². The highest BCUT2D eigenvalue weighted by atomic mass is 35.5. The van der Waals surface area contributed by atoms with Crippen molar-refractivity contribution in [2.24, 2.45) is 0 Å². The van der Waals surface area contributed by atoms with Crippen LogP contribution in [0.5, 0.6) is 0 Å². The molecule has 1 fully saturated rings. The van der Waals surface area contributed by atoms with Gasteiger partial charge in [0.1, 0.15) is 11.6 Å². The Morgan fingerprint density at radius 1 is 1.03 bits per heavy atom. The first kappa shape index (κ1) is 22.4. The third kappa shape index (κ3) is 4.30. The Kier molecular flexibility index (Phi) is 6.25. The van der Waals surface area contributed by atoms with E-state index in [0.29, 0.717) is 5.82 Å². The van der Waals surface area contributed by atoms with Crippen molar-refractivity contribution < 1.29 is 23.1 Å². The first-order valence-corrected chi connectivity index (χ1v) is 12.1.